The molecule has 0 amide bonds. The highest BCUT2D eigenvalue weighted by molar-refractivity contribution is 5.70. The van der Waals surface area contributed by atoms with E-state index >= 15 is 0 Å². The van der Waals surface area contributed by atoms with Crippen LogP contribution in [0.2, 0.25) is 0 Å². The first-order valence-electron chi connectivity index (χ1n) is 11.3. The maximum atomic E-state index is 10.8. The van der Waals surface area contributed by atoms with Crippen LogP contribution in [0, 0.1) is 24.7 Å². The predicted molar refractivity (Wildman–Crippen MR) is 115 cm³/mol. The summed E-state index contributed by atoms with van der Waals surface area (Å²) in [6.07, 6.45) is 6.26. The van der Waals surface area contributed by atoms with Crippen molar-refractivity contribution < 1.29 is 19.2 Å². The van der Waals surface area contributed by atoms with Gasteiger partial charge in [0.1, 0.15) is 0 Å². The molecule has 3 heterocycles. The summed E-state index contributed by atoms with van der Waals surface area (Å²) >= 11 is 0. The van der Waals surface area contributed by atoms with Crippen molar-refractivity contribution in [2.45, 2.75) is 58.8 Å². The van der Waals surface area contributed by atoms with Crippen molar-refractivity contribution in [3.8, 4) is 5.88 Å². The lowest BCUT2D eigenvalue weighted by molar-refractivity contribution is -0.136. The minimum absolute atomic E-state index is 0.0118. The van der Waals surface area contributed by atoms with Crippen LogP contribution in [0.3, 0.4) is 0 Å². The van der Waals surface area contributed by atoms with Crippen LogP contribution < -0.4 is 9.64 Å². The van der Waals surface area contributed by atoms with Crippen LogP contribution in [0.15, 0.2) is 16.8 Å². The molecule has 168 valence electrons. The minimum Gasteiger partial charge on any atom is -0.481 e. The monoisotopic (exact) mass is 428 g/mol. The summed E-state index contributed by atoms with van der Waals surface area (Å²) in [4.78, 5) is 21.9. The smallest absolute Gasteiger partial charge is 0.324 e. The summed E-state index contributed by atoms with van der Waals surface area (Å²) in [6, 6.07) is 2.51. The maximum absolute atomic E-state index is 10.8. The number of aryl methyl sites for hydroxylation is 1. The number of carboxylic acid groups (broad SMARTS) is 1. The third-order valence-corrected chi connectivity index (χ3v) is 6.51. The van der Waals surface area contributed by atoms with Gasteiger partial charge in [-0.1, -0.05) is 19.0 Å². The van der Waals surface area contributed by atoms with Crippen LogP contribution in [0.4, 0.5) is 6.01 Å². The summed E-state index contributed by atoms with van der Waals surface area (Å²) in [5.74, 6) is 3.12. The highest BCUT2D eigenvalue weighted by Crippen LogP contribution is 2.50. The molecule has 1 saturated carbocycles. The molecule has 2 aliphatic rings. The van der Waals surface area contributed by atoms with Crippen molar-refractivity contribution in [2.75, 3.05) is 24.6 Å². The SMILES string of the molecule is Cc1cc(CC(=O)O)cnc1OCCC1CC1C1CCN(c2nc(C(C)C)no2)CC1. The first kappa shape index (κ1) is 21.6. The van der Waals surface area contributed by atoms with E-state index in [1.165, 1.54) is 19.3 Å². The molecule has 8 heteroatoms. The lowest BCUT2D eigenvalue weighted by Gasteiger charge is -2.30. The quantitative estimate of drug-likeness (QED) is 0.643. The second-order valence-corrected chi connectivity index (χ2v) is 9.25. The van der Waals surface area contributed by atoms with Crippen LogP contribution in [-0.2, 0) is 11.2 Å². The van der Waals surface area contributed by atoms with E-state index in [0.29, 0.717) is 24.1 Å². The lowest BCUT2D eigenvalue weighted by atomic mass is 9.90. The third-order valence-electron chi connectivity index (χ3n) is 6.51. The largest absolute Gasteiger partial charge is 0.481 e. The first-order chi connectivity index (χ1) is 14.9. The molecular formula is C23H32N4O4. The molecule has 0 spiro atoms. The molecule has 2 atom stereocenters. The van der Waals surface area contributed by atoms with Crippen molar-refractivity contribution >= 4 is 12.0 Å². The summed E-state index contributed by atoms with van der Waals surface area (Å²) in [5.41, 5.74) is 1.59. The molecule has 1 saturated heterocycles. The van der Waals surface area contributed by atoms with Crippen molar-refractivity contribution in [1.82, 2.24) is 15.1 Å². The Balaban J connectivity index is 1.18. The standard InChI is InChI=1S/C23H32N4O4/c1-14(2)21-25-23(31-26-21)27-7-4-17(5-8-27)19-12-18(19)6-9-30-22-15(3)10-16(13-24-22)11-20(28)29/h10,13-14,17-19H,4-9,11-12H2,1-3H3,(H,28,29). The summed E-state index contributed by atoms with van der Waals surface area (Å²) < 4.78 is 11.3. The van der Waals surface area contributed by atoms with E-state index in [1.54, 1.807) is 6.20 Å². The van der Waals surface area contributed by atoms with Gasteiger partial charge in [-0.3, -0.25) is 4.79 Å². The molecule has 1 aliphatic heterocycles. The Morgan fingerprint density at radius 1 is 1.35 bits per heavy atom. The fourth-order valence-electron chi connectivity index (χ4n) is 4.64. The average molecular weight is 429 g/mol. The summed E-state index contributed by atoms with van der Waals surface area (Å²) in [6.45, 7) is 8.68. The molecule has 8 nitrogen and oxygen atoms in total. The van der Waals surface area contributed by atoms with Gasteiger partial charge >= 0.3 is 12.0 Å². The number of piperidine rings is 1. The van der Waals surface area contributed by atoms with Gasteiger partial charge in [-0.05, 0) is 62.0 Å². The Bertz CT molecular complexity index is 905. The fraction of sp³-hybridized carbons (Fsp3) is 0.652. The van der Waals surface area contributed by atoms with Crippen LogP contribution in [0.5, 0.6) is 5.88 Å². The van der Waals surface area contributed by atoms with Gasteiger partial charge in [0.2, 0.25) is 5.88 Å². The van der Waals surface area contributed by atoms with Gasteiger partial charge in [0.25, 0.3) is 0 Å². The normalized spacial score (nSPS) is 21.5. The van der Waals surface area contributed by atoms with Gasteiger partial charge in [0.05, 0.1) is 13.0 Å². The Morgan fingerprint density at radius 2 is 2.13 bits per heavy atom. The Morgan fingerprint density at radius 3 is 2.77 bits per heavy atom. The van der Waals surface area contributed by atoms with Gasteiger partial charge in [-0.15, -0.1) is 0 Å². The topological polar surface area (TPSA) is 102 Å². The second-order valence-electron chi connectivity index (χ2n) is 9.25. The number of rotatable bonds is 9. The first-order valence-corrected chi connectivity index (χ1v) is 11.3. The highest BCUT2D eigenvalue weighted by atomic mass is 16.5. The van der Waals surface area contributed by atoms with Gasteiger partial charge in [0.15, 0.2) is 5.82 Å². The third kappa shape index (κ3) is 5.35. The molecule has 31 heavy (non-hydrogen) atoms. The minimum atomic E-state index is -0.849. The molecular weight excluding hydrogens is 396 g/mol. The maximum Gasteiger partial charge on any atom is 0.324 e. The van der Waals surface area contributed by atoms with Crippen molar-refractivity contribution in [2.24, 2.45) is 17.8 Å². The average Bonchev–Trinajstić information content (AvgIpc) is 3.32. The molecule has 0 aromatic carbocycles. The van der Waals surface area contributed by atoms with Crippen molar-refractivity contribution in [1.29, 1.82) is 0 Å². The Hall–Kier alpha value is -2.64. The van der Waals surface area contributed by atoms with Crippen LogP contribution in [-0.4, -0.2) is 45.9 Å². The Labute approximate surface area is 183 Å². The van der Waals surface area contributed by atoms with E-state index in [0.717, 1.165) is 48.7 Å². The van der Waals surface area contributed by atoms with Gasteiger partial charge in [0, 0.05) is 30.8 Å². The van der Waals surface area contributed by atoms with E-state index < -0.39 is 5.97 Å². The van der Waals surface area contributed by atoms with Crippen LogP contribution >= 0.6 is 0 Å². The molecule has 2 unspecified atom stereocenters. The number of pyridine rings is 1. The molecule has 1 aliphatic carbocycles. The number of carbonyl (C=O) groups is 1. The molecule has 0 bridgehead atoms. The molecule has 2 fully saturated rings. The van der Waals surface area contributed by atoms with Gasteiger partial charge in [-0.25, -0.2) is 4.98 Å². The summed E-state index contributed by atoms with van der Waals surface area (Å²) in [7, 11) is 0. The van der Waals surface area contributed by atoms with E-state index in [-0.39, 0.29) is 12.3 Å². The Kier molecular flexibility index (Phi) is 6.43. The van der Waals surface area contributed by atoms with E-state index in [4.69, 9.17) is 14.4 Å². The van der Waals surface area contributed by atoms with Crippen molar-refractivity contribution in [3.63, 3.8) is 0 Å². The molecule has 1 N–H and O–H groups in total. The molecule has 4 rings (SSSR count). The number of anilines is 1. The number of nitrogens with zero attached hydrogens (tertiary/aromatic N) is 4. The van der Waals surface area contributed by atoms with E-state index in [2.05, 4.69) is 33.9 Å². The number of carboxylic acids is 1. The number of aliphatic carboxylic acids is 1. The number of hydrogen-bond acceptors (Lipinski definition) is 7. The zero-order valence-electron chi connectivity index (χ0n) is 18.6. The lowest BCUT2D eigenvalue weighted by Crippen LogP contribution is -2.34. The van der Waals surface area contributed by atoms with Crippen LogP contribution in [0.1, 0.15) is 62.4 Å². The molecule has 2 aromatic heterocycles. The number of aromatic nitrogens is 3. The molecule has 2 aromatic rings. The van der Waals surface area contributed by atoms with E-state index in [1.807, 2.05) is 13.0 Å². The van der Waals surface area contributed by atoms with E-state index in [9.17, 15) is 4.79 Å². The van der Waals surface area contributed by atoms with Gasteiger partial charge < -0.3 is 19.3 Å². The predicted octanol–water partition coefficient (Wildman–Crippen LogP) is 3.85. The van der Waals surface area contributed by atoms with Crippen LogP contribution in [0.25, 0.3) is 0 Å². The zero-order chi connectivity index (χ0) is 22.0. The molecule has 0 radical (unpaired) electrons. The highest BCUT2D eigenvalue weighted by Gasteiger charge is 2.43. The fourth-order valence-corrected chi connectivity index (χ4v) is 4.64. The number of hydrogen-bond donors (Lipinski definition) is 1. The second kappa shape index (κ2) is 9.24. The number of ether oxygens (including phenoxy) is 1. The zero-order valence-corrected chi connectivity index (χ0v) is 18.6. The van der Waals surface area contributed by atoms with Gasteiger partial charge in [-0.2, -0.15) is 4.98 Å². The summed E-state index contributed by atoms with van der Waals surface area (Å²) in [5, 5.41) is 13.0. The van der Waals surface area contributed by atoms with Crippen molar-refractivity contribution in [3.05, 3.63) is 29.2 Å².